The van der Waals surface area contributed by atoms with E-state index >= 15 is 0 Å². The maximum absolute atomic E-state index is 13.2. The fourth-order valence-corrected chi connectivity index (χ4v) is 5.62. The molecule has 0 radical (unpaired) electrons. The number of aryl methyl sites for hydroxylation is 1. The fourth-order valence-electron chi connectivity index (χ4n) is 4.17. The molecule has 1 fully saturated rings. The van der Waals surface area contributed by atoms with Crippen molar-refractivity contribution in [2.45, 2.75) is 37.9 Å². The first-order valence-corrected chi connectivity index (χ1v) is 12.9. The monoisotopic (exact) mass is 542 g/mol. The molecule has 0 saturated carbocycles. The number of halogens is 3. The number of aromatic nitrogens is 4. The minimum absolute atomic E-state index is 0.0710. The van der Waals surface area contributed by atoms with E-state index in [1.54, 1.807) is 18.4 Å². The van der Waals surface area contributed by atoms with Gasteiger partial charge in [0.15, 0.2) is 0 Å². The predicted molar refractivity (Wildman–Crippen MR) is 125 cm³/mol. The van der Waals surface area contributed by atoms with Crippen LogP contribution >= 0.6 is 0 Å². The maximum Gasteiger partial charge on any atom is 0.573 e. The van der Waals surface area contributed by atoms with Gasteiger partial charge >= 0.3 is 12.3 Å². The van der Waals surface area contributed by atoms with Gasteiger partial charge in [-0.1, -0.05) is 6.07 Å². The molecule has 1 aliphatic rings. The molecule has 0 N–H and O–H groups in total. The molecule has 1 saturated heterocycles. The van der Waals surface area contributed by atoms with E-state index in [0.717, 1.165) is 17.7 Å². The van der Waals surface area contributed by atoms with Crippen LogP contribution in [0.1, 0.15) is 24.6 Å². The number of hydrogen-bond donors (Lipinski definition) is 0. The number of benzene rings is 1. The van der Waals surface area contributed by atoms with Gasteiger partial charge in [0, 0.05) is 49.9 Å². The number of ether oxygens (including phenoxy) is 2. The van der Waals surface area contributed by atoms with Crippen LogP contribution in [0.15, 0.2) is 35.5 Å². The van der Waals surface area contributed by atoms with Crippen LogP contribution in [0.3, 0.4) is 0 Å². The van der Waals surface area contributed by atoms with Crippen molar-refractivity contribution in [3.8, 4) is 5.75 Å². The standard InChI is InChI=1S/C22H25F3N6O5S/c1-3-35-19(32)8-7-18-15(2)28-21-26-14-27-31(21)20(18)29-9-11-30(12-10-29)37(33,34)17-6-4-5-16(13-17)36-22(23,24)25/h4-6,13-14H,3,7-12H2,1-2H3. The molecule has 2 aromatic heterocycles. The van der Waals surface area contributed by atoms with Crippen molar-refractivity contribution in [3.05, 3.63) is 41.9 Å². The van der Waals surface area contributed by atoms with Crippen molar-refractivity contribution >= 4 is 27.6 Å². The Morgan fingerprint density at radius 1 is 1.16 bits per heavy atom. The van der Waals surface area contributed by atoms with Crippen molar-refractivity contribution in [3.63, 3.8) is 0 Å². The smallest absolute Gasteiger partial charge is 0.466 e. The molecule has 0 spiro atoms. The number of esters is 1. The number of carbonyl (C=O) groups excluding carboxylic acids is 1. The molecule has 37 heavy (non-hydrogen) atoms. The number of carbonyl (C=O) groups is 1. The Hall–Kier alpha value is -3.46. The first-order chi connectivity index (χ1) is 17.5. The summed E-state index contributed by atoms with van der Waals surface area (Å²) in [6.07, 6.45) is -3.10. The predicted octanol–water partition coefficient (Wildman–Crippen LogP) is 2.34. The number of nitrogens with zero attached hydrogens (tertiary/aromatic N) is 6. The van der Waals surface area contributed by atoms with Crippen molar-refractivity contribution in [2.24, 2.45) is 0 Å². The van der Waals surface area contributed by atoms with Gasteiger partial charge in [0.25, 0.3) is 5.78 Å². The molecule has 0 unspecified atom stereocenters. The molecule has 15 heteroatoms. The van der Waals surface area contributed by atoms with E-state index in [9.17, 15) is 26.4 Å². The molecule has 0 atom stereocenters. The zero-order valence-electron chi connectivity index (χ0n) is 20.1. The molecule has 0 aliphatic carbocycles. The van der Waals surface area contributed by atoms with E-state index in [1.807, 2.05) is 4.90 Å². The third-order valence-corrected chi connectivity index (χ3v) is 7.70. The van der Waals surface area contributed by atoms with E-state index < -0.39 is 22.1 Å². The third-order valence-electron chi connectivity index (χ3n) is 5.80. The quantitative estimate of drug-likeness (QED) is 0.395. The van der Waals surface area contributed by atoms with E-state index in [-0.39, 0.29) is 50.1 Å². The van der Waals surface area contributed by atoms with Gasteiger partial charge in [-0.25, -0.2) is 13.4 Å². The van der Waals surface area contributed by atoms with Crippen LogP contribution in [0.5, 0.6) is 5.75 Å². The minimum Gasteiger partial charge on any atom is -0.466 e. The lowest BCUT2D eigenvalue weighted by atomic mass is 10.1. The van der Waals surface area contributed by atoms with Gasteiger partial charge in [-0.15, -0.1) is 13.2 Å². The number of rotatable bonds is 8. The summed E-state index contributed by atoms with van der Waals surface area (Å²) in [6.45, 7) is 4.47. The highest BCUT2D eigenvalue weighted by Gasteiger charge is 2.34. The molecule has 1 aliphatic heterocycles. The average molecular weight is 543 g/mol. The molecule has 1 aromatic carbocycles. The molecular weight excluding hydrogens is 517 g/mol. The molecule has 0 bridgehead atoms. The molecule has 3 aromatic rings. The Bertz CT molecular complexity index is 1390. The van der Waals surface area contributed by atoms with Crippen LogP contribution in [0.2, 0.25) is 0 Å². The summed E-state index contributed by atoms with van der Waals surface area (Å²) in [5, 5.41) is 4.26. The molecule has 0 amide bonds. The van der Waals surface area contributed by atoms with Crippen LogP contribution in [0, 0.1) is 6.92 Å². The van der Waals surface area contributed by atoms with Crippen LogP contribution in [-0.2, 0) is 26.0 Å². The number of fused-ring (bicyclic) bond motifs is 1. The normalized spacial score (nSPS) is 15.2. The summed E-state index contributed by atoms with van der Waals surface area (Å²) < 4.78 is 75.7. The molecule has 3 heterocycles. The summed E-state index contributed by atoms with van der Waals surface area (Å²) in [7, 11) is -4.07. The van der Waals surface area contributed by atoms with Crippen molar-refractivity contribution < 1.29 is 35.9 Å². The van der Waals surface area contributed by atoms with Gasteiger partial charge < -0.3 is 14.4 Å². The van der Waals surface area contributed by atoms with Gasteiger partial charge in [-0.3, -0.25) is 4.79 Å². The zero-order chi connectivity index (χ0) is 26.8. The van der Waals surface area contributed by atoms with Crippen molar-refractivity contribution in [2.75, 3.05) is 37.7 Å². The Morgan fingerprint density at radius 3 is 2.57 bits per heavy atom. The lowest BCUT2D eigenvalue weighted by Gasteiger charge is -2.36. The van der Waals surface area contributed by atoms with Crippen LogP contribution in [0.4, 0.5) is 19.0 Å². The van der Waals surface area contributed by atoms with E-state index in [0.29, 0.717) is 23.7 Å². The molecule has 11 nitrogen and oxygen atoms in total. The Kier molecular flexibility index (Phi) is 7.54. The first-order valence-electron chi connectivity index (χ1n) is 11.5. The maximum atomic E-state index is 13.2. The molecule has 200 valence electrons. The van der Waals surface area contributed by atoms with Gasteiger partial charge in [0.2, 0.25) is 10.0 Å². The topological polar surface area (TPSA) is 119 Å². The average Bonchev–Trinajstić information content (AvgIpc) is 3.29. The number of alkyl halides is 3. The van der Waals surface area contributed by atoms with Gasteiger partial charge in [-0.2, -0.15) is 18.9 Å². The van der Waals surface area contributed by atoms with Gasteiger partial charge in [0.05, 0.1) is 11.5 Å². The second-order valence-corrected chi connectivity index (χ2v) is 10.1. The largest absolute Gasteiger partial charge is 0.573 e. The highest BCUT2D eigenvalue weighted by Crippen LogP contribution is 2.29. The number of hydrogen-bond acceptors (Lipinski definition) is 9. The Morgan fingerprint density at radius 2 is 1.89 bits per heavy atom. The second-order valence-electron chi connectivity index (χ2n) is 8.19. The minimum atomic E-state index is -4.94. The highest BCUT2D eigenvalue weighted by molar-refractivity contribution is 7.89. The number of anilines is 1. The first kappa shape index (κ1) is 26.6. The Balaban J connectivity index is 1.56. The summed E-state index contributed by atoms with van der Waals surface area (Å²) in [6, 6.07) is 4.32. The summed E-state index contributed by atoms with van der Waals surface area (Å²) >= 11 is 0. The van der Waals surface area contributed by atoms with Gasteiger partial charge in [0.1, 0.15) is 17.9 Å². The zero-order valence-corrected chi connectivity index (χ0v) is 20.9. The number of sulfonamides is 1. The summed E-state index contributed by atoms with van der Waals surface area (Å²) in [5.74, 6) is 0.0595. The lowest BCUT2D eigenvalue weighted by Crippen LogP contribution is -2.49. The van der Waals surface area contributed by atoms with Gasteiger partial charge in [-0.05, 0) is 32.4 Å². The summed E-state index contributed by atoms with van der Waals surface area (Å²) in [5.41, 5.74) is 1.43. The number of piperazine rings is 1. The highest BCUT2D eigenvalue weighted by atomic mass is 32.2. The van der Waals surface area contributed by atoms with Crippen LogP contribution in [-0.4, -0.2) is 77.4 Å². The van der Waals surface area contributed by atoms with Crippen molar-refractivity contribution in [1.29, 1.82) is 0 Å². The molecular formula is C22H25F3N6O5S. The third kappa shape index (κ3) is 5.93. The van der Waals surface area contributed by atoms with E-state index in [4.69, 9.17) is 4.74 Å². The SMILES string of the molecule is CCOC(=O)CCc1c(C)nc2ncnn2c1N1CCN(S(=O)(=O)c2cccc(OC(F)(F)F)c2)CC1. The fraction of sp³-hybridized carbons (Fsp3) is 0.455. The second kappa shape index (κ2) is 10.5. The van der Waals surface area contributed by atoms with Crippen LogP contribution in [0.25, 0.3) is 5.78 Å². The summed E-state index contributed by atoms with van der Waals surface area (Å²) in [4.78, 5) is 22.2. The Labute approximate surface area is 210 Å². The van der Waals surface area contributed by atoms with E-state index in [1.165, 1.54) is 22.8 Å². The van der Waals surface area contributed by atoms with E-state index in [2.05, 4.69) is 19.8 Å². The lowest BCUT2D eigenvalue weighted by molar-refractivity contribution is -0.274. The molecule has 4 rings (SSSR count). The van der Waals surface area contributed by atoms with Crippen LogP contribution < -0.4 is 9.64 Å². The van der Waals surface area contributed by atoms with Crippen molar-refractivity contribution in [1.82, 2.24) is 23.9 Å².